The van der Waals surface area contributed by atoms with Gasteiger partial charge in [-0.25, -0.2) is 9.78 Å². The molecule has 0 unspecified atom stereocenters. The molecule has 1 N–H and O–H groups in total. The van der Waals surface area contributed by atoms with Crippen molar-refractivity contribution < 1.29 is 18.8 Å². The average Bonchev–Trinajstić information content (AvgIpc) is 3.38. The van der Waals surface area contributed by atoms with E-state index in [4.69, 9.17) is 14.0 Å². The summed E-state index contributed by atoms with van der Waals surface area (Å²) in [6.07, 6.45) is 9.44. The third kappa shape index (κ3) is 4.53. The highest BCUT2D eigenvalue weighted by Crippen LogP contribution is 2.41. The summed E-state index contributed by atoms with van der Waals surface area (Å²) in [4.78, 5) is 22.5. The minimum atomic E-state index is -0.507. The van der Waals surface area contributed by atoms with Gasteiger partial charge in [0.15, 0.2) is 0 Å². The number of H-pyrrole nitrogens is 1. The van der Waals surface area contributed by atoms with Gasteiger partial charge in [-0.2, -0.15) is 0 Å². The van der Waals surface area contributed by atoms with Crippen molar-refractivity contribution in [2.75, 3.05) is 6.54 Å². The highest BCUT2D eigenvalue weighted by molar-refractivity contribution is 6.54. The Morgan fingerprint density at radius 1 is 1.19 bits per heavy atom. The molecule has 2 saturated heterocycles. The maximum Gasteiger partial charge on any atom is 0.490 e. The van der Waals surface area contributed by atoms with Crippen molar-refractivity contribution in [2.45, 2.75) is 97.0 Å². The number of ether oxygens (including phenoxy) is 1. The molecular weight excluding hydrogens is 405 g/mol. The largest absolute Gasteiger partial charge is 0.490 e. The quantitative estimate of drug-likeness (QED) is 0.651. The Labute approximate surface area is 191 Å². The van der Waals surface area contributed by atoms with Crippen molar-refractivity contribution in [3.63, 3.8) is 0 Å². The van der Waals surface area contributed by atoms with Crippen molar-refractivity contribution in [2.24, 2.45) is 0 Å². The van der Waals surface area contributed by atoms with E-state index >= 15 is 0 Å². The second kappa shape index (κ2) is 8.06. The standard InChI is InChI=1S/C24H36BN3O4/c1-22(2,3)30-21(29)28-14-8-9-19(28)20-26-15-18(27-20)16-10-12-17(13-11-16)25-31-23(4,5)24(6,7)32-25/h10,12,15,19H,8-9,11,13-14H2,1-7H3,(H,26,27)/t19-/m0/s1. The molecule has 2 fully saturated rings. The first-order chi connectivity index (χ1) is 14.9. The number of likely N-dealkylation sites (tertiary alicyclic amines) is 1. The van der Waals surface area contributed by atoms with Crippen LogP contribution in [0.25, 0.3) is 5.57 Å². The first kappa shape index (κ1) is 23.1. The fourth-order valence-electron chi connectivity index (χ4n) is 4.33. The zero-order chi connectivity index (χ0) is 23.3. The second-order valence-corrected chi connectivity index (χ2v) is 11.0. The van der Waals surface area contributed by atoms with Crippen LogP contribution in [0.15, 0.2) is 23.8 Å². The van der Waals surface area contributed by atoms with Crippen LogP contribution in [0.4, 0.5) is 4.79 Å². The number of amides is 1. The molecule has 1 aromatic heterocycles. The topological polar surface area (TPSA) is 76.7 Å². The number of rotatable bonds is 3. The van der Waals surface area contributed by atoms with Crippen molar-refractivity contribution in [1.82, 2.24) is 14.9 Å². The van der Waals surface area contributed by atoms with Crippen LogP contribution < -0.4 is 0 Å². The fourth-order valence-corrected chi connectivity index (χ4v) is 4.33. The third-order valence-electron chi connectivity index (χ3n) is 6.88. The van der Waals surface area contributed by atoms with Gasteiger partial charge in [-0.15, -0.1) is 0 Å². The van der Waals surface area contributed by atoms with Gasteiger partial charge in [-0.05, 0) is 85.2 Å². The lowest BCUT2D eigenvalue weighted by atomic mass is 9.73. The number of carbonyl (C=O) groups is 1. The number of hydrogen-bond acceptors (Lipinski definition) is 5. The highest BCUT2D eigenvalue weighted by atomic mass is 16.7. The van der Waals surface area contributed by atoms with E-state index in [1.165, 1.54) is 11.0 Å². The summed E-state index contributed by atoms with van der Waals surface area (Å²) in [5.41, 5.74) is 2.20. The van der Waals surface area contributed by atoms with Crippen LogP contribution in [0, 0.1) is 0 Å². The number of nitrogens with one attached hydrogen (secondary N) is 1. The number of carbonyl (C=O) groups excluding carboxylic acids is 1. The van der Waals surface area contributed by atoms with Gasteiger partial charge in [-0.3, -0.25) is 4.90 Å². The minimum absolute atomic E-state index is 0.0707. The number of aromatic nitrogens is 2. The first-order valence-corrected chi connectivity index (χ1v) is 11.7. The number of imidazole rings is 1. The lowest BCUT2D eigenvalue weighted by molar-refractivity contribution is 0.00578. The number of hydrogen-bond donors (Lipinski definition) is 1. The molecule has 3 heterocycles. The normalized spacial score (nSPS) is 25.0. The molecular formula is C24H36BN3O4. The minimum Gasteiger partial charge on any atom is -0.444 e. The molecule has 0 aromatic carbocycles. The Hall–Kier alpha value is -2.06. The van der Waals surface area contributed by atoms with Crippen LogP contribution in [0.5, 0.6) is 0 Å². The lowest BCUT2D eigenvalue weighted by Crippen LogP contribution is -2.41. The molecule has 0 radical (unpaired) electrons. The zero-order valence-electron chi connectivity index (χ0n) is 20.4. The Bertz CT molecular complexity index is 925. The van der Waals surface area contributed by atoms with E-state index < -0.39 is 5.60 Å². The van der Waals surface area contributed by atoms with Crippen LogP contribution in [-0.2, 0) is 14.0 Å². The number of aromatic amines is 1. The van der Waals surface area contributed by atoms with Gasteiger partial charge in [-0.1, -0.05) is 12.2 Å². The molecule has 0 spiro atoms. The summed E-state index contributed by atoms with van der Waals surface area (Å²) in [6.45, 7) is 14.7. The van der Waals surface area contributed by atoms with Gasteiger partial charge in [0.2, 0.25) is 0 Å². The SMILES string of the molecule is CC(C)(C)OC(=O)N1CCC[C@H]1c1ncc(C2=CC=C(B3OC(C)(C)C(C)(C)O3)CC2)[nH]1. The molecule has 3 aliphatic rings. The van der Waals surface area contributed by atoms with E-state index in [1.54, 1.807) is 4.90 Å². The Morgan fingerprint density at radius 3 is 2.47 bits per heavy atom. The molecule has 0 saturated carbocycles. The molecule has 1 aliphatic carbocycles. The van der Waals surface area contributed by atoms with Crippen LogP contribution in [0.2, 0.25) is 0 Å². The average molecular weight is 441 g/mol. The molecule has 4 rings (SSSR count). The van der Waals surface area contributed by atoms with E-state index in [1.807, 2.05) is 27.0 Å². The first-order valence-electron chi connectivity index (χ1n) is 11.7. The molecule has 1 aromatic rings. The molecule has 8 heteroatoms. The molecule has 0 bridgehead atoms. The lowest BCUT2D eigenvalue weighted by Gasteiger charge is -2.32. The van der Waals surface area contributed by atoms with Gasteiger partial charge in [0.25, 0.3) is 0 Å². The molecule has 1 amide bonds. The Kier molecular flexibility index (Phi) is 5.82. The van der Waals surface area contributed by atoms with Crippen LogP contribution in [-0.4, -0.2) is 51.4 Å². The van der Waals surface area contributed by atoms with Crippen LogP contribution in [0.3, 0.4) is 0 Å². The van der Waals surface area contributed by atoms with Gasteiger partial charge >= 0.3 is 13.2 Å². The summed E-state index contributed by atoms with van der Waals surface area (Å²) >= 11 is 0. The summed E-state index contributed by atoms with van der Waals surface area (Å²) in [7, 11) is -0.295. The second-order valence-electron chi connectivity index (χ2n) is 11.0. The van der Waals surface area contributed by atoms with Crippen LogP contribution >= 0.6 is 0 Å². The molecule has 174 valence electrons. The van der Waals surface area contributed by atoms with Gasteiger partial charge in [0.05, 0.1) is 29.1 Å². The molecule has 7 nitrogen and oxygen atoms in total. The van der Waals surface area contributed by atoms with Crippen molar-refractivity contribution in [1.29, 1.82) is 0 Å². The summed E-state index contributed by atoms with van der Waals surface area (Å²) < 4.78 is 18.0. The fraction of sp³-hybridized carbons (Fsp3) is 0.667. The van der Waals surface area contributed by atoms with Crippen LogP contribution in [0.1, 0.15) is 91.7 Å². The summed E-state index contributed by atoms with van der Waals surface area (Å²) in [5, 5.41) is 0. The summed E-state index contributed by atoms with van der Waals surface area (Å²) in [6, 6.07) is -0.0707. The Morgan fingerprint density at radius 2 is 1.88 bits per heavy atom. The van der Waals surface area contributed by atoms with Gasteiger partial charge < -0.3 is 19.0 Å². The van der Waals surface area contributed by atoms with Crippen molar-refractivity contribution in [3.05, 3.63) is 35.3 Å². The monoisotopic (exact) mass is 441 g/mol. The van der Waals surface area contributed by atoms with Gasteiger partial charge in [0, 0.05) is 6.54 Å². The predicted octanol–water partition coefficient (Wildman–Crippen LogP) is 5.22. The van der Waals surface area contributed by atoms with E-state index in [0.29, 0.717) is 6.54 Å². The molecule has 1 atom stereocenters. The summed E-state index contributed by atoms with van der Waals surface area (Å²) in [5.74, 6) is 0.824. The highest BCUT2D eigenvalue weighted by Gasteiger charge is 2.52. The van der Waals surface area contributed by atoms with E-state index in [9.17, 15) is 4.79 Å². The van der Waals surface area contributed by atoms with E-state index in [0.717, 1.165) is 37.2 Å². The van der Waals surface area contributed by atoms with E-state index in [-0.39, 0.29) is 30.5 Å². The molecule has 2 aliphatic heterocycles. The van der Waals surface area contributed by atoms with Crippen molar-refractivity contribution in [3.8, 4) is 0 Å². The smallest absolute Gasteiger partial charge is 0.444 e. The number of nitrogens with zero attached hydrogens (tertiary/aromatic N) is 2. The van der Waals surface area contributed by atoms with E-state index in [2.05, 4.69) is 49.8 Å². The van der Waals surface area contributed by atoms with Crippen molar-refractivity contribution >= 4 is 18.8 Å². The molecule has 32 heavy (non-hydrogen) atoms. The number of allylic oxidation sites excluding steroid dienone is 4. The maximum atomic E-state index is 12.6. The zero-order valence-corrected chi connectivity index (χ0v) is 20.4. The maximum absolute atomic E-state index is 12.6. The third-order valence-corrected chi connectivity index (χ3v) is 6.88. The van der Waals surface area contributed by atoms with Gasteiger partial charge in [0.1, 0.15) is 11.4 Å². The predicted molar refractivity (Wildman–Crippen MR) is 125 cm³/mol. The Balaban J connectivity index is 1.46.